The molecule has 0 radical (unpaired) electrons. The van der Waals surface area contributed by atoms with Crippen molar-refractivity contribution >= 4 is 33.5 Å². The van der Waals surface area contributed by atoms with E-state index in [-0.39, 0.29) is 11.3 Å². The summed E-state index contributed by atoms with van der Waals surface area (Å²) in [4.78, 5) is 21.9. The van der Waals surface area contributed by atoms with Crippen molar-refractivity contribution in [3.8, 4) is 11.8 Å². The number of phenolic OH excluding ortho intramolecular Hbond substituents is 1. The molecule has 0 aliphatic heterocycles. The van der Waals surface area contributed by atoms with E-state index in [9.17, 15) is 30.6 Å². The van der Waals surface area contributed by atoms with Crippen molar-refractivity contribution in [2.45, 2.75) is 106 Å². The first-order chi connectivity index (χ1) is 22.8. The van der Waals surface area contributed by atoms with Crippen LogP contribution in [-0.2, 0) is 6.42 Å². The van der Waals surface area contributed by atoms with Crippen LogP contribution in [0, 0.1) is 56.2 Å². The van der Waals surface area contributed by atoms with Gasteiger partial charge in [0, 0.05) is 28.5 Å². The van der Waals surface area contributed by atoms with Gasteiger partial charge in [-0.2, -0.15) is 5.26 Å². The second-order valence-electron chi connectivity index (χ2n) is 13.6. The highest BCUT2D eigenvalue weighted by atomic mass is 16.6. The van der Waals surface area contributed by atoms with Crippen LogP contribution >= 0.6 is 0 Å². The summed E-state index contributed by atoms with van der Waals surface area (Å²) >= 11 is 0. The fourth-order valence-electron chi connectivity index (χ4n) is 6.20. The predicted molar refractivity (Wildman–Crippen MR) is 191 cm³/mol. The topological polar surface area (TPSA) is 155 Å². The number of allylic oxidation sites excluding steroid dienone is 2. The van der Waals surface area contributed by atoms with E-state index in [1.807, 2.05) is 0 Å². The molecule has 0 aliphatic rings. The summed E-state index contributed by atoms with van der Waals surface area (Å²) in [6.07, 6.45) is 13.6. The van der Waals surface area contributed by atoms with Gasteiger partial charge in [-0.1, -0.05) is 109 Å². The average molecular weight is 656 g/mol. The summed E-state index contributed by atoms with van der Waals surface area (Å²) in [6.45, 7) is 13.2. The highest BCUT2D eigenvalue weighted by molar-refractivity contribution is 5.99. The van der Waals surface area contributed by atoms with Gasteiger partial charge in [-0.3, -0.25) is 20.2 Å². The Morgan fingerprint density at radius 2 is 1.40 bits per heavy atom. The summed E-state index contributed by atoms with van der Waals surface area (Å²) in [5, 5.41) is 53.4. The van der Waals surface area contributed by atoms with E-state index in [1.165, 1.54) is 50.5 Å². The fourth-order valence-corrected chi connectivity index (χ4v) is 6.20. The fraction of sp³-hybridized carbons (Fsp3) is 0.500. The predicted octanol–water partition coefficient (Wildman–Crippen LogP) is 11.9. The number of aromatic hydroxyl groups is 1. The Balaban J connectivity index is 1.75. The lowest BCUT2D eigenvalue weighted by Gasteiger charge is -2.15. The van der Waals surface area contributed by atoms with E-state index >= 15 is 0 Å². The Hall–Kier alpha value is -4.65. The van der Waals surface area contributed by atoms with Gasteiger partial charge in [-0.05, 0) is 56.4 Å². The van der Waals surface area contributed by atoms with Crippen LogP contribution in [-0.4, -0.2) is 15.0 Å². The molecule has 2 unspecified atom stereocenters. The Bertz CT molecular complexity index is 1670. The molecule has 10 heteroatoms. The van der Waals surface area contributed by atoms with Gasteiger partial charge in [0.2, 0.25) is 5.69 Å². The quantitative estimate of drug-likeness (QED) is 0.0622. The lowest BCUT2D eigenvalue weighted by Crippen LogP contribution is -2.00. The van der Waals surface area contributed by atoms with Crippen LogP contribution in [0.25, 0.3) is 10.8 Å². The lowest BCUT2D eigenvalue weighted by molar-refractivity contribution is -0.392. The van der Waals surface area contributed by atoms with Gasteiger partial charge in [0.1, 0.15) is 5.75 Å². The summed E-state index contributed by atoms with van der Waals surface area (Å²) < 4.78 is 0. The van der Waals surface area contributed by atoms with Crippen LogP contribution in [0.3, 0.4) is 0 Å². The molecule has 3 aromatic rings. The maximum atomic E-state index is 11.8. The standard InChI is InChI=1S/C38H49N5O5/c1-25(2)12-9-13-26(3)14-10-15-27(4)16-11-17-28(5)20-21-31-29(6)36(32-18-7-8-19-33(32)38(31)44)40-41-37-34(42(45)46)22-30(24-39)23-35(37)43(47)48/h7-8,18-20,22-23,25-27,44H,9-17,21H2,1-6H3. The zero-order chi connectivity index (χ0) is 35.4. The molecule has 256 valence electrons. The van der Waals surface area contributed by atoms with E-state index in [1.54, 1.807) is 37.3 Å². The van der Waals surface area contributed by atoms with Crippen molar-refractivity contribution < 1.29 is 15.0 Å². The third-order valence-electron chi connectivity index (χ3n) is 9.17. The van der Waals surface area contributed by atoms with E-state index < -0.39 is 26.9 Å². The molecule has 0 aliphatic carbocycles. The normalized spacial score (nSPS) is 13.2. The molecule has 0 amide bonds. The van der Waals surface area contributed by atoms with Crippen LogP contribution in [0.5, 0.6) is 5.75 Å². The number of phenols is 1. The zero-order valence-electron chi connectivity index (χ0n) is 29.2. The van der Waals surface area contributed by atoms with Gasteiger partial charge >= 0.3 is 11.4 Å². The van der Waals surface area contributed by atoms with Gasteiger partial charge < -0.3 is 5.11 Å². The van der Waals surface area contributed by atoms with Gasteiger partial charge in [0.25, 0.3) is 0 Å². The minimum absolute atomic E-state index is 0.119. The SMILES string of the molecule is CC(=CCc1c(C)c(N=Nc2c([N+](=O)[O-])cc(C#N)cc2[N+](=O)[O-])c2ccccc2c1O)CCCC(C)CCCC(C)CCCC(C)C. The average Bonchev–Trinajstić information content (AvgIpc) is 3.04. The maximum Gasteiger partial charge on any atom is 0.305 e. The van der Waals surface area contributed by atoms with E-state index in [4.69, 9.17) is 0 Å². The lowest BCUT2D eigenvalue weighted by atomic mass is 9.91. The maximum absolute atomic E-state index is 11.8. The molecular weight excluding hydrogens is 606 g/mol. The molecule has 0 aromatic heterocycles. The van der Waals surface area contributed by atoms with Crippen molar-refractivity contribution in [3.05, 3.63) is 85.0 Å². The molecule has 0 spiro atoms. The Morgan fingerprint density at radius 3 is 1.94 bits per heavy atom. The zero-order valence-corrected chi connectivity index (χ0v) is 29.2. The van der Waals surface area contributed by atoms with Gasteiger partial charge in [-0.15, -0.1) is 10.2 Å². The highest BCUT2D eigenvalue weighted by Gasteiger charge is 2.28. The number of hydrogen-bond acceptors (Lipinski definition) is 8. The molecule has 2 atom stereocenters. The number of azo groups is 1. The van der Waals surface area contributed by atoms with Crippen LogP contribution in [0.1, 0.15) is 109 Å². The molecule has 0 saturated carbocycles. The Morgan fingerprint density at radius 1 is 0.875 bits per heavy atom. The van der Waals surface area contributed by atoms with Crippen LogP contribution in [0.2, 0.25) is 0 Å². The smallest absolute Gasteiger partial charge is 0.305 e. The summed E-state index contributed by atoms with van der Waals surface area (Å²) in [7, 11) is 0. The number of nitro benzene ring substituents is 2. The van der Waals surface area contributed by atoms with Crippen molar-refractivity contribution in [1.29, 1.82) is 5.26 Å². The second kappa shape index (κ2) is 18.0. The van der Waals surface area contributed by atoms with E-state index in [2.05, 4.69) is 50.9 Å². The van der Waals surface area contributed by atoms with Crippen LogP contribution in [0.15, 0.2) is 58.3 Å². The van der Waals surface area contributed by atoms with Crippen LogP contribution in [0.4, 0.5) is 22.7 Å². The summed E-state index contributed by atoms with van der Waals surface area (Å²) in [5.41, 5.74) is 0.667. The Labute approximate surface area is 283 Å². The van der Waals surface area contributed by atoms with Crippen molar-refractivity contribution in [2.75, 3.05) is 0 Å². The number of benzene rings is 3. The number of fused-ring (bicyclic) bond motifs is 1. The third kappa shape index (κ3) is 10.4. The molecule has 1 N–H and O–H groups in total. The third-order valence-corrected chi connectivity index (χ3v) is 9.17. The largest absolute Gasteiger partial charge is 0.507 e. The summed E-state index contributed by atoms with van der Waals surface area (Å²) in [5.74, 6) is 2.39. The van der Waals surface area contributed by atoms with Gasteiger partial charge in [-0.25, -0.2) is 0 Å². The molecule has 10 nitrogen and oxygen atoms in total. The van der Waals surface area contributed by atoms with Gasteiger partial charge in [0.05, 0.1) is 27.2 Å². The molecule has 48 heavy (non-hydrogen) atoms. The molecule has 3 aromatic carbocycles. The van der Waals surface area contributed by atoms with E-state index in [0.717, 1.165) is 36.8 Å². The molecule has 0 bridgehead atoms. The van der Waals surface area contributed by atoms with E-state index in [0.29, 0.717) is 39.9 Å². The first kappa shape index (κ1) is 37.8. The molecule has 3 rings (SSSR count). The van der Waals surface area contributed by atoms with Crippen molar-refractivity contribution in [3.63, 3.8) is 0 Å². The monoisotopic (exact) mass is 655 g/mol. The molecule has 0 heterocycles. The van der Waals surface area contributed by atoms with Crippen molar-refractivity contribution in [2.24, 2.45) is 28.0 Å². The molecular formula is C38H49N5O5. The van der Waals surface area contributed by atoms with Crippen molar-refractivity contribution in [1.82, 2.24) is 0 Å². The number of nitriles is 1. The minimum atomic E-state index is -0.819. The summed E-state index contributed by atoms with van der Waals surface area (Å²) in [6, 6.07) is 10.7. The first-order valence-corrected chi connectivity index (χ1v) is 17.0. The first-order valence-electron chi connectivity index (χ1n) is 17.0. The number of rotatable bonds is 18. The Kier molecular flexibility index (Phi) is 14.2. The molecule has 0 fully saturated rings. The number of nitrogens with zero attached hydrogens (tertiary/aromatic N) is 5. The second-order valence-corrected chi connectivity index (χ2v) is 13.6. The number of hydrogen-bond donors (Lipinski definition) is 1. The molecule has 0 saturated heterocycles. The van der Waals surface area contributed by atoms with Gasteiger partial charge in [0.15, 0.2) is 0 Å². The minimum Gasteiger partial charge on any atom is -0.507 e. The highest BCUT2D eigenvalue weighted by Crippen LogP contribution is 2.43. The van der Waals surface area contributed by atoms with Crippen LogP contribution < -0.4 is 0 Å². The number of nitro groups is 2.